The number of hydrogen-bond donors (Lipinski definition) is 1. The van der Waals surface area contributed by atoms with Crippen LogP contribution in [0.5, 0.6) is 0 Å². The zero-order chi connectivity index (χ0) is 9.40. The molecular formula is C10H18N2. The summed E-state index contributed by atoms with van der Waals surface area (Å²) in [6.45, 7) is 8.78. The molecule has 0 aromatic carbocycles. The maximum atomic E-state index is 4.06. The molecule has 0 aromatic rings. The van der Waals surface area contributed by atoms with Crippen LogP contribution >= 0.6 is 0 Å². The third kappa shape index (κ3) is 5.86. The molecule has 1 N–H and O–H groups in total. The van der Waals surface area contributed by atoms with Crippen LogP contribution in [0, 0.1) is 0 Å². The highest BCUT2D eigenvalue weighted by molar-refractivity contribution is 5.56. The highest BCUT2D eigenvalue weighted by Gasteiger charge is 1.89. The Morgan fingerprint density at radius 1 is 1.58 bits per heavy atom. The second-order valence-corrected chi connectivity index (χ2v) is 2.72. The Morgan fingerprint density at radius 2 is 2.25 bits per heavy atom. The van der Waals surface area contributed by atoms with Gasteiger partial charge in [0, 0.05) is 6.21 Å². The number of nitrogens with one attached hydrogen (secondary N) is 1. The van der Waals surface area contributed by atoms with Gasteiger partial charge in [-0.3, -0.25) is 4.99 Å². The van der Waals surface area contributed by atoms with Crippen molar-refractivity contribution in [3.05, 3.63) is 23.9 Å². The van der Waals surface area contributed by atoms with Gasteiger partial charge in [-0.05, 0) is 39.9 Å². The molecule has 0 radical (unpaired) electrons. The first kappa shape index (κ1) is 11.1. The molecule has 0 amide bonds. The molecule has 0 saturated heterocycles. The van der Waals surface area contributed by atoms with E-state index in [0.29, 0.717) is 0 Å². The SMILES string of the molecule is C=C(/C=C(\C)CCNC)N=CC. The van der Waals surface area contributed by atoms with E-state index in [1.165, 1.54) is 5.57 Å². The van der Waals surface area contributed by atoms with Crippen LogP contribution in [0.1, 0.15) is 20.3 Å². The first-order valence-corrected chi connectivity index (χ1v) is 4.20. The molecule has 0 aliphatic carbocycles. The molecule has 0 aliphatic heterocycles. The van der Waals surface area contributed by atoms with Crippen LogP contribution < -0.4 is 5.32 Å². The van der Waals surface area contributed by atoms with Crippen molar-refractivity contribution >= 4 is 6.21 Å². The predicted molar refractivity (Wildman–Crippen MR) is 55.6 cm³/mol. The van der Waals surface area contributed by atoms with Crippen molar-refractivity contribution in [2.75, 3.05) is 13.6 Å². The van der Waals surface area contributed by atoms with Gasteiger partial charge in [-0.2, -0.15) is 0 Å². The molecular weight excluding hydrogens is 148 g/mol. The minimum absolute atomic E-state index is 0.825. The Hall–Kier alpha value is -0.890. The van der Waals surface area contributed by atoms with Crippen LogP contribution in [0.25, 0.3) is 0 Å². The minimum Gasteiger partial charge on any atom is -0.319 e. The Kier molecular flexibility index (Phi) is 6.29. The van der Waals surface area contributed by atoms with E-state index in [9.17, 15) is 0 Å². The van der Waals surface area contributed by atoms with Crippen LogP contribution in [0.15, 0.2) is 28.9 Å². The van der Waals surface area contributed by atoms with Crippen LogP contribution in [-0.2, 0) is 0 Å². The minimum atomic E-state index is 0.825. The molecule has 0 aliphatic rings. The fourth-order valence-electron chi connectivity index (χ4n) is 0.882. The van der Waals surface area contributed by atoms with Crippen molar-refractivity contribution in [2.24, 2.45) is 4.99 Å². The third-order valence-corrected chi connectivity index (χ3v) is 1.48. The predicted octanol–water partition coefficient (Wildman–Crippen LogP) is 2.15. The fourth-order valence-corrected chi connectivity index (χ4v) is 0.882. The monoisotopic (exact) mass is 166 g/mol. The lowest BCUT2D eigenvalue weighted by molar-refractivity contribution is 0.785. The second kappa shape index (κ2) is 6.80. The first-order valence-electron chi connectivity index (χ1n) is 4.20. The largest absolute Gasteiger partial charge is 0.319 e. The summed E-state index contributed by atoms with van der Waals surface area (Å²) in [5, 5.41) is 3.09. The second-order valence-electron chi connectivity index (χ2n) is 2.72. The molecule has 0 saturated carbocycles. The fraction of sp³-hybridized carbons (Fsp3) is 0.500. The van der Waals surface area contributed by atoms with Gasteiger partial charge >= 0.3 is 0 Å². The number of allylic oxidation sites excluding steroid dienone is 1. The molecule has 0 unspecified atom stereocenters. The Morgan fingerprint density at radius 3 is 2.75 bits per heavy atom. The lowest BCUT2D eigenvalue weighted by atomic mass is 10.2. The van der Waals surface area contributed by atoms with Gasteiger partial charge in [0.1, 0.15) is 0 Å². The van der Waals surface area contributed by atoms with E-state index in [4.69, 9.17) is 0 Å². The summed E-state index contributed by atoms with van der Waals surface area (Å²) in [7, 11) is 1.95. The van der Waals surface area contributed by atoms with Crippen molar-refractivity contribution < 1.29 is 0 Å². The van der Waals surface area contributed by atoms with E-state index >= 15 is 0 Å². The van der Waals surface area contributed by atoms with E-state index in [1.54, 1.807) is 6.21 Å². The lowest BCUT2D eigenvalue weighted by Crippen LogP contribution is -2.07. The lowest BCUT2D eigenvalue weighted by Gasteiger charge is -1.99. The molecule has 0 heterocycles. The number of hydrogen-bond acceptors (Lipinski definition) is 2. The van der Waals surface area contributed by atoms with E-state index in [1.807, 2.05) is 20.0 Å². The zero-order valence-corrected chi connectivity index (χ0v) is 8.22. The van der Waals surface area contributed by atoms with E-state index in [-0.39, 0.29) is 0 Å². The number of rotatable bonds is 5. The molecule has 0 bridgehead atoms. The molecule has 0 atom stereocenters. The summed E-state index contributed by atoms with van der Waals surface area (Å²) < 4.78 is 0. The Labute approximate surface area is 75.1 Å². The Balaban J connectivity index is 3.89. The molecule has 12 heavy (non-hydrogen) atoms. The van der Waals surface area contributed by atoms with Crippen molar-refractivity contribution in [2.45, 2.75) is 20.3 Å². The normalized spacial score (nSPS) is 12.4. The molecule has 0 fully saturated rings. The van der Waals surface area contributed by atoms with E-state index in [0.717, 1.165) is 18.7 Å². The highest BCUT2D eigenvalue weighted by atomic mass is 14.8. The van der Waals surface area contributed by atoms with Gasteiger partial charge in [0.05, 0.1) is 5.70 Å². The van der Waals surface area contributed by atoms with Crippen LogP contribution in [0.4, 0.5) is 0 Å². The zero-order valence-electron chi connectivity index (χ0n) is 8.22. The van der Waals surface area contributed by atoms with Gasteiger partial charge in [-0.15, -0.1) is 0 Å². The molecule has 0 rings (SSSR count). The van der Waals surface area contributed by atoms with Gasteiger partial charge in [-0.25, -0.2) is 0 Å². The van der Waals surface area contributed by atoms with Crippen LogP contribution in [0.2, 0.25) is 0 Å². The summed E-state index contributed by atoms with van der Waals surface area (Å²) >= 11 is 0. The van der Waals surface area contributed by atoms with E-state index < -0.39 is 0 Å². The third-order valence-electron chi connectivity index (χ3n) is 1.48. The number of nitrogens with zero attached hydrogens (tertiary/aromatic N) is 1. The van der Waals surface area contributed by atoms with Gasteiger partial charge in [0.2, 0.25) is 0 Å². The molecule has 68 valence electrons. The Bertz CT molecular complexity index is 190. The van der Waals surface area contributed by atoms with Crippen molar-refractivity contribution in [3.63, 3.8) is 0 Å². The van der Waals surface area contributed by atoms with Gasteiger partial charge in [0.15, 0.2) is 0 Å². The summed E-state index contributed by atoms with van der Waals surface area (Å²) in [5.41, 5.74) is 2.13. The highest BCUT2D eigenvalue weighted by Crippen LogP contribution is 2.04. The summed E-state index contributed by atoms with van der Waals surface area (Å²) in [5.74, 6) is 0. The summed E-state index contributed by atoms with van der Waals surface area (Å²) in [4.78, 5) is 4.06. The summed E-state index contributed by atoms with van der Waals surface area (Å²) in [6, 6.07) is 0. The molecule has 0 spiro atoms. The van der Waals surface area contributed by atoms with Crippen molar-refractivity contribution in [1.29, 1.82) is 0 Å². The van der Waals surface area contributed by atoms with Gasteiger partial charge in [-0.1, -0.05) is 12.2 Å². The average Bonchev–Trinajstić information content (AvgIpc) is 2.01. The molecule has 0 aromatic heterocycles. The maximum absolute atomic E-state index is 4.06. The van der Waals surface area contributed by atoms with Crippen molar-refractivity contribution in [3.8, 4) is 0 Å². The number of aliphatic imine (C=N–C) groups is 1. The van der Waals surface area contributed by atoms with Crippen molar-refractivity contribution in [1.82, 2.24) is 5.32 Å². The van der Waals surface area contributed by atoms with E-state index in [2.05, 4.69) is 23.8 Å². The average molecular weight is 166 g/mol. The molecule has 2 heteroatoms. The summed E-state index contributed by atoms with van der Waals surface area (Å²) in [6.07, 6.45) is 4.82. The topological polar surface area (TPSA) is 24.4 Å². The standard InChI is InChI=1S/C10H18N2/c1-5-12-10(3)8-9(2)6-7-11-4/h5,8,11H,3,6-7H2,1-2,4H3/b9-8+,12-5?. The van der Waals surface area contributed by atoms with Crippen LogP contribution in [-0.4, -0.2) is 19.8 Å². The maximum Gasteiger partial charge on any atom is 0.0553 e. The van der Waals surface area contributed by atoms with Crippen LogP contribution in [0.3, 0.4) is 0 Å². The smallest absolute Gasteiger partial charge is 0.0553 e. The van der Waals surface area contributed by atoms with Gasteiger partial charge in [0.25, 0.3) is 0 Å². The quantitative estimate of drug-likeness (QED) is 0.491. The first-order chi connectivity index (χ1) is 5.70. The molecule has 2 nitrogen and oxygen atoms in total. The van der Waals surface area contributed by atoms with Gasteiger partial charge < -0.3 is 5.32 Å².